The number of thiocarbonyl (C=S) groups is 1. The summed E-state index contributed by atoms with van der Waals surface area (Å²) >= 11 is 13.0. The highest BCUT2D eigenvalue weighted by Crippen LogP contribution is 2.39. The fourth-order valence-electron chi connectivity index (χ4n) is 5.01. The first-order valence-corrected chi connectivity index (χ1v) is 14.6. The van der Waals surface area contributed by atoms with Crippen LogP contribution < -0.4 is 4.74 Å². The van der Waals surface area contributed by atoms with Crippen LogP contribution in [0.15, 0.2) is 90.0 Å². The van der Waals surface area contributed by atoms with Crippen molar-refractivity contribution in [1.82, 2.24) is 14.7 Å². The zero-order valence-electron chi connectivity index (χ0n) is 21.1. The third-order valence-corrected chi connectivity index (χ3v) is 8.57. The number of hydrogen-bond donors (Lipinski definition) is 0. The maximum absolute atomic E-state index is 13.4. The first-order valence-electron chi connectivity index (χ1n) is 12.9. The van der Waals surface area contributed by atoms with Crippen molar-refractivity contribution in [1.29, 1.82) is 0 Å². The maximum Gasteiger partial charge on any atom is 0.266 e. The van der Waals surface area contributed by atoms with Gasteiger partial charge in [-0.3, -0.25) is 9.69 Å². The number of hydrogen-bond acceptors (Lipinski definition) is 5. The molecule has 196 valence electrons. The van der Waals surface area contributed by atoms with Gasteiger partial charge in [-0.2, -0.15) is 5.10 Å². The van der Waals surface area contributed by atoms with Crippen LogP contribution in [0.3, 0.4) is 0 Å². The molecule has 0 radical (unpaired) electrons. The second kappa shape index (κ2) is 11.4. The molecule has 0 atom stereocenters. The monoisotopic (exact) mass is 571 g/mol. The molecule has 1 aliphatic carbocycles. The van der Waals surface area contributed by atoms with Gasteiger partial charge in [0.15, 0.2) is 0 Å². The number of benzene rings is 3. The number of halogens is 1. The lowest BCUT2D eigenvalue weighted by Gasteiger charge is -2.21. The molecule has 2 aliphatic rings. The molecule has 2 heterocycles. The Kier molecular flexibility index (Phi) is 7.55. The molecule has 0 bridgehead atoms. The standard InChI is InChI=1S/C31H26ClN3O2S2/c32-24-15-13-21(14-16-24)20-37-27-12-6-7-22(17-27)29-23(19-34(33-29)25-8-2-1-3-9-25)18-28-30(36)35(31(38)39-28)26-10-4-5-11-26/h1-3,6-9,12-19,26H,4-5,10-11,20H2/b28-18-. The molecular formula is C31H26ClN3O2S2. The SMILES string of the molecule is O=C1/C(=C/c2cn(-c3ccccc3)nc2-c2cccc(OCc3ccc(Cl)cc3)c2)SC(=S)N1C1CCCC1. The molecule has 1 amide bonds. The van der Waals surface area contributed by atoms with E-state index in [4.69, 9.17) is 33.7 Å². The van der Waals surface area contributed by atoms with E-state index in [0.29, 0.717) is 20.9 Å². The van der Waals surface area contributed by atoms with E-state index in [9.17, 15) is 4.79 Å². The Balaban J connectivity index is 1.33. The Labute approximate surface area is 242 Å². The third-order valence-electron chi connectivity index (χ3n) is 6.99. The van der Waals surface area contributed by atoms with E-state index in [-0.39, 0.29) is 11.9 Å². The summed E-state index contributed by atoms with van der Waals surface area (Å²) < 4.78 is 8.58. The minimum atomic E-state index is -0.00430. The van der Waals surface area contributed by atoms with Gasteiger partial charge in [-0.1, -0.05) is 90.9 Å². The summed E-state index contributed by atoms with van der Waals surface area (Å²) in [5.41, 5.74) is 4.48. The van der Waals surface area contributed by atoms with Gasteiger partial charge < -0.3 is 4.74 Å². The summed E-state index contributed by atoms with van der Waals surface area (Å²) in [5.74, 6) is 0.727. The van der Waals surface area contributed by atoms with Crippen LogP contribution in [0, 0.1) is 0 Å². The number of carbonyl (C=O) groups is 1. The molecule has 1 aliphatic heterocycles. The summed E-state index contributed by atoms with van der Waals surface area (Å²) in [6.07, 6.45) is 8.21. The topological polar surface area (TPSA) is 47.4 Å². The van der Waals surface area contributed by atoms with Crippen LogP contribution >= 0.6 is 35.6 Å². The van der Waals surface area contributed by atoms with Crippen molar-refractivity contribution >= 4 is 51.9 Å². The van der Waals surface area contributed by atoms with Crippen LogP contribution in [0.4, 0.5) is 0 Å². The van der Waals surface area contributed by atoms with Crippen LogP contribution in [0.2, 0.25) is 5.02 Å². The molecule has 1 saturated carbocycles. The van der Waals surface area contributed by atoms with Gasteiger partial charge >= 0.3 is 0 Å². The number of nitrogens with zero attached hydrogens (tertiary/aromatic N) is 3. The zero-order valence-corrected chi connectivity index (χ0v) is 23.5. The van der Waals surface area contributed by atoms with Crippen LogP contribution in [-0.4, -0.2) is 30.9 Å². The van der Waals surface area contributed by atoms with Crippen molar-refractivity contribution in [2.75, 3.05) is 0 Å². The minimum Gasteiger partial charge on any atom is -0.489 e. The van der Waals surface area contributed by atoms with Crippen molar-refractivity contribution in [3.63, 3.8) is 0 Å². The average Bonchev–Trinajstić information content (AvgIpc) is 3.69. The van der Waals surface area contributed by atoms with Crippen LogP contribution in [0.1, 0.15) is 36.8 Å². The molecule has 0 N–H and O–H groups in total. The lowest BCUT2D eigenvalue weighted by atomic mass is 10.1. The van der Waals surface area contributed by atoms with Gasteiger partial charge in [-0.05, 0) is 60.9 Å². The molecule has 8 heteroatoms. The van der Waals surface area contributed by atoms with Gasteiger partial charge in [0.05, 0.1) is 10.6 Å². The lowest BCUT2D eigenvalue weighted by molar-refractivity contribution is -0.123. The zero-order chi connectivity index (χ0) is 26.8. The number of aromatic nitrogens is 2. The van der Waals surface area contributed by atoms with E-state index in [2.05, 4.69) is 0 Å². The molecule has 3 aromatic carbocycles. The van der Waals surface area contributed by atoms with Crippen LogP contribution in [0.25, 0.3) is 23.0 Å². The Bertz CT molecular complexity index is 1540. The summed E-state index contributed by atoms with van der Waals surface area (Å²) in [6, 6.07) is 25.7. The first kappa shape index (κ1) is 25.9. The molecular weight excluding hydrogens is 546 g/mol. The Hall–Kier alpha value is -3.39. The molecule has 1 saturated heterocycles. The fraction of sp³-hybridized carbons (Fsp3) is 0.194. The number of para-hydroxylation sites is 1. The predicted molar refractivity (Wildman–Crippen MR) is 162 cm³/mol. The Morgan fingerprint density at radius 2 is 1.79 bits per heavy atom. The molecule has 6 rings (SSSR count). The number of ether oxygens (including phenoxy) is 1. The lowest BCUT2D eigenvalue weighted by Crippen LogP contribution is -2.36. The van der Waals surface area contributed by atoms with E-state index in [1.807, 2.05) is 101 Å². The van der Waals surface area contributed by atoms with Gasteiger partial charge in [0.2, 0.25) is 0 Å². The van der Waals surface area contributed by atoms with Gasteiger partial charge in [-0.15, -0.1) is 0 Å². The second-order valence-corrected chi connectivity index (χ2v) is 11.8. The summed E-state index contributed by atoms with van der Waals surface area (Å²) in [6.45, 7) is 0.426. The summed E-state index contributed by atoms with van der Waals surface area (Å²) in [4.78, 5) is 15.9. The van der Waals surface area contributed by atoms with Crippen molar-refractivity contribution < 1.29 is 9.53 Å². The Morgan fingerprint density at radius 3 is 2.56 bits per heavy atom. The third kappa shape index (κ3) is 5.66. The van der Waals surface area contributed by atoms with Crippen molar-refractivity contribution in [2.24, 2.45) is 0 Å². The molecule has 5 nitrogen and oxygen atoms in total. The molecule has 2 fully saturated rings. The highest BCUT2D eigenvalue weighted by Gasteiger charge is 2.38. The molecule has 0 spiro atoms. The van der Waals surface area contributed by atoms with E-state index < -0.39 is 0 Å². The number of carbonyl (C=O) groups excluding carboxylic acids is 1. The van der Waals surface area contributed by atoms with Crippen molar-refractivity contribution in [3.05, 3.63) is 106 Å². The number of rotatable bonds is 7. The molecule has 4 aromatic rings. The van der Waals surface area contributed by atoms with E-state index in [1.54, 1.807) is 0 Å². The summed E-state index contributed by atoms with van der Waals surface area (Å²) in [5, 5.41) is 5.63. The molecule has 39 heavy (non-hydrogen) atoms. The highest BCUT2D eigenvalue weighted by atomic mass is 35.5. The van der Waals surface area contributed by atoms with E-state index in [0.717, 1.165) is 59.5 Å². The molecule has 1 aromatic heterocycles. The second-order valence-electron chi connectivity index (χ2n) is 9.65. The maximum atomic E-state index is 13.4. The fourth-order valence-corrected chi connectivity index (χ4v) is 6.53. The van der Waals surface area contributed by atoms with Gasteiger partial charge in [0.25, 0.3) is 5.91 Å². The number of thioether (sulfide) groups is 1. The smallest absolute Gasteiger partial charge is 0.266 e. The normalized spacial score (nSPS) is 16.9. The molecule has 0 unspecified atom stereocenters. The highest BCUT2D eigenvalue weighted by molar-refractivity contribution is 8.26. The van der Waals surface area contributed by atoms with Crippen molar-refractivity contribution in [2.45, 2.75) is 38.3 Å². The van der Waals surface area contributed by atoms with Gasteiger partial charge in [0.1, 0.15) is 22.4 Å². The van der Waals surface area contributed by atoms with Gasteiger partial charge in [-0.25, -0.2) is 4.68 Å². The van der Waals surface area contributed by atoms with Crippen LogP contribution in [-0.2, 0) is 11.4 Å². The quantitative estimate of drug-likeness (QED) is 0.167. The van der Waals surface area contributed by atoms with Crippen molar-refractivity contribution in [3.8, 4) is 22.7 Å². The van der Waals surface area contributed by atoms with E-state index in [1.165, 1.54) is 11.8 Å². The predicted octanol–water partition coefficient (Wildman–Crippen LogP) is 7.92. The van der Waals surface area contributed by atoms with Crippen LogP contribution in [0.5, 0.6) is 5.75 Å². The Morgan fingerprint density at radius 1 is 1.03 bits per heavy atom. The van der Waals surface area contributed by atoms with E-state index >= 15 is 0 Å². The largest absolute Gasteiger partial charge is 0.489 e. The summed E-state index contributed by atoms with van der Waals surface area (Å²) in [7, 11) is 0. The number of amides is 1. The average molecular weight is 572 g/mol. The van der Waals surface area contributed by atoms with Gasteiger partial charge in [0, 0.05) is 28.4 Å². The first-order chi connectivity index (χ1) is 19.0. The minimum absolute atomic E-state index is 0.00430.